The molecule has 0 atom stereocenters. The van der Waals surface area contributed by atoms with Crippen LogP contribution in [0.15, 0.2) is 64.6 Å². The van der Waals surface area contributed by atoms with Crippen LogP contribution >= 0.6 is 0 Å². The van der Waals surface area contributed by atoms with Crippen LogP contribution < -0.4 is 5.32 Å². The molecule has 0 saturated carbocycles. The number of aromatic carboxylic acids is 1. The SMILES string of the molecule is Cc1ccc([N+](=O)[O-])cc1NC(=O)/C(C#N)=C/c1ccc(-c2ccc(C(=O)O)cc2)o1. The van der Waals surface area contributed by atoms with Crippen molar-refractivity contribution in [2.75, 3.05) is 5.32 Å². The summed E-state index contributed by atoms with van der Waals surface area (Å²) in [6.07, 6.45) is 1.25. The molecule has 2 aromatic carbocycles. The van der Waals surface area contributed by atoms with Crippen LogP contribution in [0.25, 0.3) is 17.4 Å². The molecule has 9 nitrogen and oxygen atoms in total. The molecule has 1 heterocycles. The second kappa shape index (κ2) is 8.75. The van der Waals surface area contributed by atoms with Gasteiger partial charge in [-0.05, 0) is 36.8 Å². The molecule has 0 aliphatic heterocycles. The fourth-order valence-electron chi connectivity index (χ4n) is 2.70. The maximum atomic E-state index is 12.5. The van der Waals surface area contributed by atoms with E-state index in [-0.39, 0.29) is 28.3 Å². The Labute approximate surface area is 176 Å². The number of rotatable bonds is 6. The van der Waals surface area contributed by atoms with Crippen LogP contribution in [0, 0.1) is 28.4 Å². The first-order valence-electron chi connectivity index (χ1n) is 8.90. The zero-order valence-corrected chi connectivity index (χ0v) is 16.2. The van der Waals surface area contributed by atoms with Gasteiger partial charge < -0.3 is 14.8 Å². The van der Waals surface area contributed by atoms with Gasteiger partial charge in [-0.15, -0.1) is 0 Å². The van der Waals surface area contributed by atoms with Gasteiger partial charge in [-0.2, -0.15) is 5.26 Å². The Morgan fingerprint density at radius 3 is 2.48 bits per heavy atom. The molecular weight excluding hydrogens is 402 g/mol. The summed E-state index contributed by atoms with van der Waals surface area (Å²) in [4.78, 5) is 33.8. The number of nitriles is 1. The maximum absolute atomic E-state index is 12.5. The fraction of sp³-hybridized carbons (Fsp3) is 0.0455. The molecule has 154 valence electrons. The van der Waals surface area contributed by atoms with Crippen LogP contribution in [0.1, 0.15) is 21.7 Å². The maximum Gasteiger partial charge on any atom is 0.335 e. The third-order valence-electron chi connectivity index (χ3n) is 4.37. The molecule has 0 spiro atoms. The third kappa shape index (κ3) is 4.83. The van der Waals surface area contributed by atoms with E-state index in [2.05, 4.69) is 5.32 Å². The zero-order chi connectivity index (χ0) is 22.5. The number of carbonyl (C=O) groups excluding carboxylic acids is 1. The van der Waals surface area contributed by atoms with Gasteiger partial charge in [0.15, 0.2) is 0 Å². The van der Waals surface area contributed by atoms with Crippen LogP contribution in [-0.2, 0) is 4.79 Å². The predicted octanol–water partition coefficient (Wildman–Crippen LogP) is 4.41. The number of nitrogens with zero attached hydrogens (tertiary/aromatic N) is 2. The molecule has 9 heteroatoms. The number of anilines is 1. The number of carboxylic acids is 1. The van der Waals surface area contributed by atoms with Crippen molar-refractivity contribution in [1.82, 2.24) is 0 Å². The molecule has 3 aromatic rings. The highest BCUT2D eigenvalue weighted by Crippen LogP contribution is 2.25. The Bertz CT molecular complexity index is 1250. The van der Waals surface area contributed by atoms with Crippen molar-refractivity contribution < 1.29 is 24.0 Å². The Kier molecular flexibility index (Phi) is 5.93. The number of nitro benzene ring substituents is 1. The zero-order valence-electron chi connectivity index (χ0n) is 16.2. The number of non-ortho nitro benzene ring substituents is 1. The van der Waals surface area contributed by atoms with Gasteiger partial charge in [0, 0.05) is 23.8 Å². The molecule has 2 N–H and O–H groups in total. The van der Waals surface area contributed by atoms with Crippen molar-refractivity contribution in [2.24, 2.45) is 0 Å². The lowest BCUT2D eigenvalue weighted by Gasteiger charge is -2.07. The first-order chi connectivity index (χ1) is 14.8. The molecule has 0 aliphatic rings. The van der Waals surface area contributed by atoms with E-state index in [4.69, 9.17) is 9.52 Å². The minimum atomic E-state index is -1.04. The Morgan fingerprint density at radius 2 is 1.87 bits per heavy atom. The summed E-state index contributed by atoms with van der Waals surface area (Å²) < 4.78 is 5.63. The number of amides is 1. The summed E-state index contributed by atoms with van der Waals surface area (Å²) in [5.41, 5.74) is 1.14. The van der Waals surface area contributed by atoms with E-state index in [9.17, 15) is 25.0 Å². The second-order valence-corrected chi connectivity index (χ2v) is 6.46. The van der Waals surface area contributed by atoms with E-state index in [1.54, 1.807) is 37.3 Å². The van der Waals surface area contributed by atoms with Crippen molar-refractivity contribution in [3.63, 3.8) is 0 Å². The Hall–Kier alpha value is -4.71. The number of carboxylic acid groups (broad SMARTS) is 1. The standard InChI is InChI=1S/C22H15N3O6/c1-13-2-7-17(25(29)30)11-19(13)24-21(26)16(12-23)10-18-8-9-20(31-18)14-3-5-15(6-4-14)22(27)28/h2-11H,1H3,(H,24,26)(H,27,28)/b16-10+. The lowest BCUT2D eigenvalue weighted by atomic mass is 10.1. The highest BCUT2D eigenvalue weighted by Gasteiger charge is 2.15. The topological polar surface area (TPSA) is 146 Å². The lowest BCUT2D eigenvalue weighted by Crippen LogP contribution is -2.14. The molecule has 0 fully saturated rings. The van der Waals surface area contributed by atoms with Gasteiger partial charge in [0.2, 0.25) is 0 Å². The molecule has 1 amide bonds. The van der Waals surface area contributed by atoms with Gasteiger partial charge in [-0.3, -0.25) is 14.9 Å². The van der Waals surface area contributed by atoms with E-state index >= 15 is 0 Å². The van der Waals surface area contributed by atoms with Crippen molar-refractivity contribution in [1.29, 1.82) is 5.26 Å². The molecule has 0 aliphatic carbocycles. The summed E-state index contributed by atoms with van der Waals surface area (Å²) in [5.74, 6) is -1.12. The molecule has 3 rings (SSSR count). The number of hydrogen-bond donors (Lipinski definition) is 2. The van der Waals surface area contributed by atoms with Crippen LogP contribution in [0.5, 0.6) is 0 Å². The van der Waals surface area contributed by atoms with Gasteiger partial charge in [-0.1, -0.05) is 18.2 Å². The van der Waals surface area contributed by atoms with Crippen molar-refractivity contribution in [3.05, 3.63) is 87.2 Å². The summed E-state index contributed by atoms with van der Waals surface area (Å²) >= 11 is 0. The van der Waals surface area contributed by atoms with Crippen LogP contribution in [0.3, 0.4) is 0 Å². The smallest absolute Gasteiger partial charge is 0.335 e. The first-order valence-corrected chi connectivity index (χ1v) is 8.90. The predicted molar refractivity (Wildman–Crippen MR) is 111 cm³/mol. The van der Waals surface area contributed by atoms with Crippen molar-refractivity contribution in [2.45, 2.75) is 6.92 Å². The molecule has 31 heavy (non-hydrogen) atoms. The number of nitro groups is 1. The fourth-order valence-corrected chi connectivity index (χ4v) is 2.70. The monoisotopic (exact) mass is 417 g/mol. The minimum Gasteiger partial charge on any atom is -0.478 e. The molecule has 0 unspecified atom stereocenters. The van der Waals surface area contributed by atoms with Crippen LogP contribution in [0.4, 0.5) is 11.4 Å². The van der Waals surface area contributed by atoms with E-state index in [1.807, 2.05) is 0 Å². The summed E-state index contributed by atoms with van der Waals surface area (Å²) in [6.45, 7) is 1.67. The Morgan fingerprint density at radius 1 is 1.16 bits per heavy atom. The van der Waals surface area contributed by atoms with Crippen molar-refractivity contribution >= 4 is 29.3 Å². The normalized spacial score (nSPS) is 10.9. The Balaban J connectivity index is 1.81. The van der Waals surface area contributed by atoms with E-state index in [0.29, 0.717) is 16.9 Å². The van der Waals surface area contributed by atoms with Crippen molar-refractivity contribution in [3.8, 4) is 17.4 Å². The molecule has 1 aromatic heterocycles. The first kappa shape index (κ1) is 21.0. The number of aryl methyl sites for hydroxylation is 1. The number of nitrogens with one attached hydrogen (secondary N) is 1. The van der Waals surface area contributed by atoms with E-state index < -0.39 is 16.8 Å². The average Bonchev–Trinajstić information content (AvgIpc) is 3.22. The summed E-state index contributed by atoms with van der Waals surface area (Å²) in [6, 6.07) is 15.0. The highest BCUT2D eigenvalue weighted by molar-refractivity contribution is 6.09. The number of furan rings is 1. The lowest BCUT2D eigenvalue weighted by molar-refractivity contribution is -0.384. The molecule has 0 bridgehead atoms. The molecule has 0 radical (unpaired) electrons. The minimum absolute atomic E-state index is 0.135. The van der Waals surface area contributed by atoms with E-state index in [0.717, 1.165) is 0 Å². The summed E-state index contributed by atoms with van der Waals surface area (Å²) in [7, 11) is 0. The van der Waals surface area contributed by atoms with Gasteiger partial charge in [-0.25, -0.2) is 4.79 Å². The number of hydrogen-bond acceptors (Lipinski definition) is 6. The van der Waals surface area contributed by atoms with Gasteiger partial charge in [0.1, 0.15) is 23.2 Å². The van der Waals surface area contributed by atoms with Gasteiger partial charge >= 0.3 is 5.97 Å². The quantitative estimate of drug-likeness (QED) is 0.261. The van der Waals surface area contributed by atoms with Crippen LogP contribution in [-0.4, -0.2) is 21.9 Å². The highest BCUT2D eigenvalue weighted by atomic mass is 16.6. The van der Waals surface area contributed by atoms with Gasteiger partial charge in [0.05, 0.1) is 16.2 Å². The van der Waals surface area contributed by atoms with Crippen LogP contribution in [0.2, 0.25) is 0 Å². The molecular formula is C22H15N3O6. The number of carbonyl (C=O) groups is 2. The summed E-state index contributed by atoms with van der Waals surface area (Å²) in [5, 5.41) is 31.8. The number of benzene rings is 2. The third-order valence-corrected chi connectivity index (χ3v) is 4.37. The largest absolute Gasteiger partial charge is 0.478 e. The average molecular weight is 417 g/mol. The molecule has 0 saturated heterocycles. The van der Waals surface area contributed by atoms with Gasteiger partial charge in [0.25, 0.3) is 11.6 Å². The second-order valence-electron chi connectivity index (χ2n) is 6.46. The van der Waals surface area contributed by atoms with E-state index in [1.165, 1.54) is 36.4 Å².